The summed E-state index contributed by atoms with van der Waals surface area (Å²) in [5.41, 5.74) is 4.29. The van der Waals surface area contributed by atoms with E-state index in [1.807, 2.05) is 86.6 Å². The van der Waals surface area contributed by atoms with Crippen LogP contribution in [0.4, 0.5) is 22.1 Å². The van der Waals surface area contributed by atoms with Crippen LogP contribution in [0.2, 0.25) is 0 Å². The van der Waals surface area contributed by atoms with Gasteiger partial charge in [0.2, 0.25) is 11.1 Å². The molecule has 0 aliphatic rings. The number of benzene rings is 3. The number of aryl methyl sites for hydroxylation is 2. The van der Waals surface area contributed by atoms with Gasteiger partial charge in [0, 0.05) is 36.9 Å². The quantitative estimate of drug-likeness (QED) is 0.173. The van der Waals surface area contributed by atoms with Gasteiger partial charge in [-0.15, -0.1) is 0 Å². The highest BCUT2D eigenvalue weighted by Crippen LogP contribution is 2.32. The average molecular weight is 599 g/mol. The van der Waals surface area contributed by atoms with Crippen LogP contribution in [0, 0.1) is 13.8 Å². The topological polar surface area (TPSA) is 127 Å². The van der Waals surface area contributed by atoms with Crippen molar-refractivity contribution in [2.24, 2.45) is 0 Å². The summed E-state index contributed by atoms with van der Waals surface area (Å²) >= 11 is 4.64. The normalized spacial score (nSPS) is 10.3. The molecule has 0 aliphatic heterocycles. The summed E-state index contributed by atoms with van der Waals surface area (Å²) in [6.45, 7) is 6.92. The van der Waals surface area contributed by atoms with Gasteiger partial charge in [-0.3, -0.25) is 14.9 Å². The van der Waals surface area contributed by atoms with Crippen LogP contribution in [-0.2, 0) is 16.2 Å². The summed E-state index contributed by atoms with van der Waals surface area (Å²) < 4.78 is 7.82. The second kappa shape index (κ2) is 14.1. The SMILES string of the molecule is CC(=O)Cl.CC(=O)Nc1cc(COc2ccc(NC(=O)Nc3cc(C)nn3-c3ccc(C)cc3)c3ccccc23)ccn1. The van der Waals surface area contributed by atoms with Crippen LogP contribution in [0.3, 0.4) is 0 Å². The summed E-state index contributed by atoms with van der Waals surface area (Å²) in [6.07, 6.45) is 1.62. The van der Waals surface area contributed by atoms with Crippen LogP contribution in [0.25, 0.3) is 16.5 Å². The molecule has 0 saturated carbocycles. The number of aromatic nitrogens is 3. The molecule has 0 bridgehead atoms. The van der Waals surface area contributed by atoms with Crippen LogP contribution in [0.1, 0.15) is 30.7 Å². The minimum atomic E-state index is -0.385. The summed E-state index contributed by atoms with van der Waals surface area (Å²) in [5, 5.41) is 14.4. The molecule has 43 heavy (non-hydrogen) atoms. The number of ether oxygens (including phenoxy) is 1. The van der Waals surface area contributed by atoms with Gasteiger partial charge in [-0.05, 0) is 67.4 Å². The summed E-state index contributed by atoms with van der Waals surface area (Å²) in [4.78, 5) is 37.7. The van der Waals surface area contributed by atoms with Crippen molar-refractivity contribution in [1.82, 2.24) is 14.8 Å². The van der Waals surface area contributed by atoms with E-state index in [0.717, 1.165) is 33.3 Å². The number of anilines is 3. The molecule has 0 saturated heterocycles. The van der Waals surface area contributed by atoms with Gasteiger partial charge in [0.1, 0.15) is 24.0 Å². The third-order valence-electron chi connectivity index (χ3n) is 6.01. The number of halogens is 1. The van der Waals surface area contributed by atoms with E-state index in [2.05, 4.69) is 37.6 Å². The van der Waals surface area contributed by atoms with Crippen molar-refractivity contribution in [3.05, 3.63) is 102 Å². The number of amides is 3. The van der Waals surface area contributed by atoms with Gasteiger partial charge in [0.15, 0.2) is 0 Å². The maximum atomic E-state index is 13.0. The highest BCUT2D eigenvalue weighted by molar-refractivity contribution is 6.62. The van der Waals surface area contributed by atoms with Crippen molar-refractivity contribution >= 4 is 56.9 Å². The first-order valence-electron chi connectivity index (χ1n) is 13.3. The first kappa shape index (κ1) is 30.7. The number of nitrogens with one attached hydrogen (secondary N) is 3. The molecule has 0 atom stereocenters. The lowest BCUT2D eigenvalue weighted by molar-refractivity contribution is -0.114. The first-order valence-corrected chi connectivity index (χ1v) is 13.7. The van der Waals surface area contributed by atoms with E-state index >= 15 is 0 Å². The Morgan fingerprint density at radius 1 is 0.860 bits per heavy atom. The van der Waals surface area contributed by atoms with E-state index < -0.39 is 0 Å². The Balaban J connectivity index is 0.000000996. The first-order chi connectivity index (χ1) is 20.6. The Hall–Kier alpha value is -5.22. The van der Waals surface area contributed by atoms with Gasteiger partial charge >= 0.3 is 6.03 Å². The van der Waals surface area contributed by atoms with Crippen molar-refractivity contribution in [3.63, 3.8) is 0 Å². The molecule has 0 radical (unpaired) electrons. The maximum Gasteiger partial charge on any atom is 0.324 e. The predicted molar refractivity (Wildman–Crippen MR) is 169 cm³/mol. The van der Waals surface area contributed by atoms with E-state index in [0.29, 0.717) is 23.1 Å². The zero-order chi connectivity index (χ0) is 30.9. The number of fused-ring (bicyclic) bond motifs is 1. The number of carbonyl (C=O) groups is 3. The lowest BCUT2D eigenvalue weighted by Crippen LogP contribution is -2.21. The Kier molecular flexibility index (Phi) is 10.1. The molecule has 0 unspecified atom stereocenters. The second-order valence-corrected chi connectivity index (χ2v) is 10.2. The number of nitrogens with zero attached hydrogens (tertiary/aromatic N) is 3. The molecule has 3 N–H and O–H groups in total. The smallest absolute Gasteiger partial charge is 0.324 e. The fraction of sp³-hybridized carbons (Fsp3) is 0.156. The van der Waals surface area contributed by atoms with E-state index in [1.165, 1.54) is 13.8 Å². The highest BCUT2D eigenvalue weighted by Gasteiger charge is 2.14. The molecule has 5 rings (SSSR count). The van der Waals surface area contributed by atoms with Crippen LogP contribution in [0.15, 0.2) is 85.1 Å². The standard InChI is InChI=1S/C30H28N6O3.C2H3ClO/c1-19-8-10-23(11-9-19)36-29(16-20(2)35-36)34-30(38)33-26-12-13-27(25-7-5-4-6-24(25)26)39-18-22-14-15-31-28(17-22)32-21(3)37;1-2(3)4/h4-17H,18H2,1-3H3,(H,31,32,37)(H2,33,34,38);1H3. The van der Waals surface area contributed by atoms with Gasteiger partial charge in [-0.2, -0.15) is 5.10 Å². The Morgan fingerprint density at radius 2 is 1.56 bits per heavy atom. The molecule has 10 nitrogen and oxygen atoms in total. The third kappa shape index (κ3) is 8.64. The summed E-state index contributed by atoms with van der Waals surface area (Å²) in [6, 6.07) is 24.3. The van der Waals surface area contributed by atoms with Crippen molar-refractivity contribution in [3.8, 4) is 11.4 Å². The lowest BCUT2D eigenvalue weighted by atomic mass is 10.1. The average Bonchev–Trinajstić information content (AvgIpc) is 3.32. The zero-order valence-electron chi connectivity index (χ0n) is 24.1. The number of rotatable bonds is 7. The Labute approximate surface area is 254 Å². The molecule has 220 valence electrons. The molecule has 3 amide bonds. The maximum absolute atomic E-state index is 13.0. The number of hydrogen-bond donors (Lipinski definition) is 3. The molecular formula is C32H31ClN6O4. The van der Waals surface area contributed by atoms with Gasteiger partial charge in [-0.1, -0.05) is 42.0 Å². The summed E-state index contributed by atoms with van der Waals surface area (Å²) in [7, 11) is 0. The molecule has 0 aliphatic carbocycles. The molecule has 0 fully saturated rings. The van der Waals surface area contributed by atoms with Crippen molar-refractivity contribution in [2.75, 3.05) is 16.0 Å². The number of pyridine rings is 1. The molecule has 5 aromatic rings. The molecule has 11 heteroatoms. The number of hydrogen-bond acceptors (Lipinski definition) is 6. The molecule has 2 aromatic heterocycles. The minimum Gasteiger partial charge on any atom is -0.488 e. The monoisotopic (exact) mass is 598 g/mol. The fourth-order valence-corrected chi connectivity index (χ4v) is 4.22. The van der Waals surface area contributed by atoms with E-state index in [4.69, 9.17) is 4.74 Å². The molecular weight excluding hydrogens is 568 g/mol. The molecule has 3 aromatic carbocycles. The lowest BCUT2D eigenvalue weighted by Gasteiger charge is -2.15. The third-order valence-corrected chi connectivity index (χ3v) is 6.01. The number of carbonyl (C=O) groups excluding carboxylic acids is 3. The van der Waals surface area contributed by atoms with Gasteiger partial charge in [0.05, 0.1) is 17.1 Å². The minimum absolute atomic E-state index is 0.187. The second-order valence-electron chi connectivity index (χ2n) is 9.64. The van der Waals surface area contributed by atoms with Crippen LogP contribution < -0.4 is 20.7 Å². The van der Waals surface area contributed by atoms with Crippen molar-refractivity contribution in [2.45, 2.75) is 34.3 Å². The summed E-state index contributed by atoms with van der Waals surface area (Å²) in [5.74, 6) is 1.52. The van der Waals surface area contributed by atoms with E-state index in [-0.39, 0.29) is 23.8 Å². The molecule has 2 heterocycles. The van der Waals surface area contributed by atoms with E-state index in [9.17, 15) is 14.4 Å². The predicted octanol–water partition coefficient (Wildman–Crippen LogP) is 6.99. The van der Waals surface area contributed by atoms with Gasteiger partial charge in [0.25, 0.3) is 0 Å². The van der Waals surface area contributed by atoms with E-state index in [1.54, 1.807) is 16.9 Å². The van der Waals surface area contributed by atoms with Gasteiger partial charge in [-0.25, -0.2) is 14.5 Å². The van der Waals surface area contributed by atoms with Crippen LogP contribution in [-0.4, -0.2) is 31.9 Å². The Morgan fingerprint density at radius 3 is 2.26 bits per heavy atom. The van der Waals surface area contributed by atoms with Gasteiger partial charge < -0.3 is 15.4 Å². The van der Waals surface area contributed by atoms with Crippen molar-refractivity contribution in [1.29, 1.82) is 0 Å². The fourth-order valence-electron chi connectivity index (χ4n) is 4.22. The van der Waals surface area contributed by atoms with Crippen LogP contribution in [0.5, 0.6) is 5.75 Å². The largest absolute Gasteiger partial charge is 0.488 e. The Bertz CT molecular complexity index is 1760. The number of urea groups is 1. The highest BCUT2D eigenvalue weighted by atomic mass is 35.5. The van der Waals surface area contributed by atoms with Crippen LogP contribution >= 0.6 is 11.6 Å². The van der Waals surface area contributed by atoms with Crippen molar-refractivity contribution < 1.29 is 19.1 Å². The molecule has 0 spiro atoms. The zero-order valence-corrected chi connectivity index (χ0v) is 24.9.